The molecular formula is C15H19N3O. The van der Waals surface area contributed by atoms with E-state index in [1.54, 1.807) is 19.3 Å². The van der Waals surface area contributed by atoms with Gasteiger partial charge in [0, 0.05) is 25.5 Å². The van der Waals surface area contributed by atoms with Crippen LogP contribution in [0, 0.1) is 6.92 Å². The van der Waals surface area contributed by atoms with Gasteiger partial charge in [-0.3, -0.25) is 9.97 Å². The van der Waals surface area contributed by atoms with Crippen LogP contribution in [0.15, 0.2) is 42.7 Å². The topological polar surface area (TPSA) is 58.0 Å². The molecule has 19 heavy (non-hydrogen) atoms. The minimum absolute atomic E-state index is 0.465. The summed E-state index contributed by atoms with van der Waals surface area (Å²) in [5.74, 6) is 0. The summed E-state index contributed by atoms with van der Waals surface area (Å²) in [6.45, 7) is 4.77. The maximum Gasteiger partial charge on any atom is 0.0992 e. The molecule has 2 rings (SSSR count). The van der Waals surface area contributed by atoms with E-state index in [1.807, 2.05) is 37.3 Å². The fourth-order valence-electron chi connectivity index (χ4n) is 1.84. The second-order valence-corrected chi connectivity index (χ2v) is 4.89. The molecule has 1 unspecified atom stereocenters. The Hall–Kier alpha value is -1.78. The molecular weight excluding hydrogens is 238 g/mol. The molecule has 1 aromatic carbocycles. The number of hydrogen-bond donors (Lipinski definition) is 2. The van der Waals surface area contributed by atoms with E-state index in [2.05, 4.69) is 15.3 Å². The van der Waals surface area contributed by atoms with Crippen molar-refractivity contribution in [3.63, 3.8) is 0 Å². The zero-order chi connectivity index (χ0) is 13.7. The second-order valence-electron chi connectivity index (χ2n) is 4.89. The monoisotopic (exact) mass is 257 g/mol. The van der Waals surface area contributed by atoms with Gasteiger partial charge in [-0.15, -0.1) is 0 Å². The average molecular weight is 257 g/mol. The van der Waals surface area contributed by atoms with Gasteiger partial charge in [0.2, 0.25) is 0 Å². The molecule has 0 saturated carbocycles. The highest BCUT2D eigenvalue weighted by molar-refractivity contribution is 5.21. The smallest absolute Gasteiger partial charge is 0.0992 e. The Morgan fingerprint density at radius 3 is 2.53 bits per heavy atom. The molecule has 2 N–H and O–H groups in total. The lowest BCUT2D eigenvalue weighted by atomic mass is 9.96. The predicted octanol–water partition coefficient (Wildman–Crippen LogP) is 1.78. The van der Waals surface area contributed by atoms with Gasteiger partial charge < -0.3 is 10.4 Å². The van der Waals surface area contributed by atoms with Crippen molar-refractivity contribution in [2.75, 3.05) is 6.54 Å². The molecule has 0 radical (unpaired) electrons. The van der Waals surface area contributed by atoms with Crippen molar-refractivity contribution in [3.8, 4) is 0 Å². The van der Waals surface area contributed by atoms with E-state index >= 15 is 0 Å². The van der Waals surface area contributed by atoms with Crippen LogP contribution in [0.4, 0.5) is 0 Å². The SMILES string of the molecule is Cc1cnc(CNCC(C)(O)c2ccccc2)cn1. The molecule has 0 aliphatic heterocycles. The van der Waals surface area contributed by atoms with Crippen LogP contribution in [0.2, 0.25) is 0 Å². The Labute approximate surface area is 113 Å². The highest BCUT2D eigenvalue weighted by Gasteiger charge is 2.21. The number of benzene rings is 1. The summed E-state index contributed by atoms with van der Waals surface area (Å²) in [7, 11) is 0. The molecule has 0 aliphatic carbocycles. The molecule has 4 heteroatoms. The van der Waals surface area contributed by atoms with Crippen LogP contribution in [-0.2, 0) is 12.1 Å². The maximum absolute atomic E-state index is 10.4. The molecule has 2 aromatic rings. The van der Waals surface area contributed by atoms with E-state index in [-0.39, 0.29) is 0 Å². The van der Waals surface area contributed by atoms with Crippen molar-refractivity contribution < 1.29 is 5.11 Å². The van der Waals surface area contributed by atoms with Gasteiger partial charge in [-0.1, -0.05) is 30.3 Å². The molecule has 0 saturated heterocycles. The number of hydrogen-bond acceptors (Lipinski definition) is 4. The van der Waals surface area contributed by atoms with Crippen LogP contribution in [0.5, 0.6) is 0 Å². The first-order valence-corrected chi connectivity index (χ1v) is 6.34. The van der Waals surface area contributed by atoms with Gasteiger partial charge in [-0.2, -0.15) is 0 Å². The number of rotatable bonds is 5. The number of aromatic nitrogens is 2. The van der Waals surface area contributed by atoms with Crippen molar-refractivity contribution in [3.05, 3.63) is 59.7 Å². The van der Waals surface area contributed by atoms with Crippen LogP contribution in [-0.4, -0.2) is 21.6 Å². The molecule has 1 aromatic heterocycles. The first kappa shape index (κ1) is 13.6. The van der Waals surface area contributed by atoms with E-state index < -0.39 is 5.60 Å². The van der Waals surface area contributed by atoms with E-state index in [1.165, 1.54) is 0 Å². The van der Waals surface area contributed by atoms with Gasteiger partial charge in [-0.05, 0) is 19.4 Å². The summed E-state index contributed by atoms with van der Waals surface area (Å²) in [6.07, 6.45) is 3.49. The summed E-state index contributed by atoms with van der Waals surface area (Å²) in [6, 6.07) is 9.64. The van der Waals surface area contributed by atoms with Crippen molar-refractivity contribution in [2.45, 2.75) is 26.0 Å². The van der Waals surface area contributed by atoms with Crippen molar-refractivity contribution in [1.29, 1.82) is 0 Å². The normalized spacial score (nSPS) is 14.1. The van der Waals surface area contributed by atoms with Gasteiger partial charge in [0.25, 0.3) is 0 Å². The molecule has 0 fully saturated rings. The van der Waals surface area contributed by atoms with Crippen LogP contribution in [0.1, 0.15) is 23.9 Å². The summed E-state index contributed by atoms with van der Waals surface area (Å²) in [4.78, 5) is 8.45. The summed E-state index contributed by atoms with van der Waals surface area (Å²) in [5.41, 5.74) is 1.78. The molecule has 1 atom stereocenters. The number of nitrogens with zero attached hydrogens (tertiary/aromatic N) is 2. The minimum Gasteiger partial charge on any atom is -0.384 e. The third-order valence-corrected chi connectivity index (χ3v) is 3.01. The Bertz CT molecular complexity index is 509. The van der Waals surface area contributed by atoms with Crippen molar-refractivity contribution in [2.24, 2.45) is 0 Å². The standard InChI is InChI=1S/C15H19N3O/c1-12-8-18-14(10-17-12)9-16-11-15(2,19)13-6-4-3-5-7-13/h3-8,10,16,19H,9,11H2,1-2H3. The Balaban J connectivity index is 1.90. The fourth-order valence-corrected chi connectivity index (χ4v) is 1.84. The highest BCUT2D eigenvalue weighted by Crippen LogP contribution is 2.18. The maximum atomic E-state index is 10.4. The van der Waals surface area contributed by atoms with Gasteiger partial charge >= 0.3 is 0 Å². The van der Waals surface area contributed by atoms with E-state index in [0.717, 1.165) is 17.0 Å². The summed E-state index contributed by atoms with van der Waals surface area (Å²) >= 11 is 0. The largest absolute Gasteiger partial charge is 0.384 e. The molecule has 0 bridgehead atoms. The fraction of sp³-hybridized carbons (Fsp3) is 0.333. The summed E-state index contributed by atoms with van der Waals surface area (Å²) < 4.78 is 0. The quantitative estimate of drug-likeness (QED) is 0.857. The second kappa shape index (κ2) is 5.91. The lowest BCUT2D eigenvalue weighted by molar-refractivity contribution is 0.0566. The molecule has 100 valence electrons. The zero-order valence-corrected chi connectivity index (χ0v) is 11.3. The summed E-state index contributed by atoms with van der Waals surface area (Å²) in [5, 5.41) is 13.6. The van der Waals surface area contributed by atoms with Gasteiger partial charge in [0.15, 0.2) is 0 Å². The average Bonchev–Trinajstić information content (AvgIpc) is 2.42. The molecule has 1 heterocycles. The van der Waals surface area contributed by atoms with E-state index in [4.69, 9.17) is 0 Å². The lowest BCUT2D eigenvalue weighted by Crippen LogP contribution is -2.35. The van der Waals surface area contributed by atoms with Crippen LogP contribution in [0.25, 0.3) is 0 Å². The minimum atomic E-state index is -0.889. The first-order chi connectivity index (χ1) is 9.08. The van der Waals surface area contributed by atoms with Crippen LogP contribution < -0.4 is 5.32 Å². The molecule has 0 amide bonds. The highest BCUT2D eigenvalue weighted by atomic mass is 16.3. The Kier molecular flexibility index (Phi) is 4.24. The lowest BCUT2D eigenvalue weighted by Gasteiger charge is -2.24. The van der Waals surface area contributed by atoms with Gasteiger partial charge in [0.05, 0.1) is 17.0 Å². The Morgan fingerprint density at radius 1 is 1.16 bits per heavy atom. The van der Waals surface area contributed by atoms with Crippen molar-refractivity contribution in [1.82, 2.24) is 15.3 Å². The molecule has 0 spiro atoms. The van der Waals surface area contributed by atoms with Crippen molar-refractivity contribution >= 4 is 0 Å². The van der Waals surface area contributed by atoms with Gasteiger partial charge in [0.1, 0.15) is 0 Å². The third-order valence-electron chi connectivity index (χ3n) is 3.01. The van der Waals surface area contributed by atoms with E-state index in [9.17, 15) is 5.11 Å². The molecule has 4 nitrogen and oxygen atoms in total. The number of aliphatic hydroxyl groups is 1. The van der Waals surface area contributed by atoms with Gasteiger partial charge in [-0.25, -0.2) is 0 Å². The van der Waals surface area contributed by atoms with Crippen LogP contribution >= 0.6 is 0 Å². The first-order valence-electron chi connectivity index (χ1n) is 6.34. The molecule has 0 aliphatic rings. The van der Waals surface area contributed by atoms with Crippen LogP contribution in [0.3, 0.4) is 0 Å². The Morgan fingerprint density at radius 2 is 1.89 bits per heavy atom. The zero-order valence-electron chi connectivity index (χ0n) is 11.3. The third kappa shape index (κ3) is 3.84. The van der Waals surface area contributed by atoms with E-state index in [0.29, 0.717) is 13.1 Å². The number of nitrogens with one attached hydrogen (secondary N) is 1. The number of aryl methyl sites for hydroxylation is 1. The predicted molar refractivity (Wildman–Crippen MR) is 74.5 cm³/mol.